The van der Waals surface area contributed by atoms with Crippen LogP contribution in [0.3, 0.4) is 0 Å². The zero-order valence-electron chi connectivity index (χ0n) is 16.4. The van der Waals surface area contributed by atoms with Crippen LogP contribution in [0.15, 0.2) is 54.6 Å². The molecule has 30 heavy (non-hydrogen) atoms. The smallest absolute Gasteiger partial charge is 0.274 e. The first kappa shape index (κ1) is 20.1. The molecule has 1 aromatic heterocycles. The summed E-state index contributed by atoms with van der Waals surface area (Å²) in [4.78, 5) is 28.8. The van der Waals surface area contributed by atoms with E-state index in [1.165, 1.54) is 27.8 Å². The van der Waals surface area contributed by atoms with Gasteiger partial charge in [-0.2, -0.15) is 5.10 Å². The fourth-order valence-corrected chi connectivity index (χ4v) is 3.72. The number of carbonyl (C=O) groups is 2. The number of hydrogen-bond donors (Lipinski definition) is 0. The molecule has 0 aliphatic carbocycles. The van der Waals surface area contributed by atoms with Gasteiger partial charge in [-0.05, 0) is 17.7 Å². The number of amides is 2. The minimum Gasteiger partial charge on any atom is -0.336 e. The van der Waals surface area contributed by atoms with Crippen molar-refractivity contribution in [3.05, 3.63) is 88.0 Å². The van der Waals surface area contributed by atoms with Crippen molar-refractivity contribution in [1.82, 2.24) is 19.6 Å². The number of rotatable bonds is 5. The van der Waals surface area contributed by atoms with Crippen molar-refractivity contribution >= 4 is 23.4 Å². The molecule has 0 N–H and O–H groups in total. The normalized spacial score (nSPS) is 13.3. The molecule has 3 aromatic rings. The van der Waals surface area contributed by atoms with Crippen molar-refractivity contribution in [2.75, 3.05) is 13.6 Å². The van der Waals surface area contributed by atoms with Gasteiger partial charge < -0.3 is 9.80 Å². The van der Waals surface area contributed by atoms with E-state index in [2.05, 4.69) is 5.10 Å². The van der Waals surface area contributed by atoms with Gasteiger partial charge in [0.1, 0.15) is 11.5 Å². The lowest BCUT2D eigenvalue weighted by Gasteiger charge is -2.27. The third-order valence-corrected chi connectivity index (χ3v) is 5.46. The van der Waals surface area contributed by atoms with Crippen LogP contribution in [0.1, 0.15) is 32.1 Å². The number of benzene rings is 2. The van der Waals surface area contributed by atoms with Crippen molar-refractivity contribution in [3.63, 3.8) is 0 Å². The van der Waals surface area contributed by atoms with Gasteiger partial charge in [-0.1, -0.05) is 48.0 Å². The second-order valence-corrected chi connectivity index (χ2v) is 7.62. The molecule has 4 rings (SSSR count). The highest BCUT2D eigenvalue weighted by Gasteiger charge is 2.29. The topological polar surface area (TPSA) is 58.4 Å². The van der Waals surface area contributed by atoms with E-state index in [0.29, 0.717) is 25.3 Å². The van der Waals surface area contributed by atoms with Crippen molar-refractivity contribution in [3.8, 4) is 0 Å². The Labute approximate surface area is 178 Å². The predicted molar refractivity (Wildman–Crippen MR) is 111 cm³/mol. The highest BCUT2D eigenvalue weighted by molar-refractivity contribution is 6.31. The summed E-state index contributed by atoms with van der Waals surface area (Å²) < 4.78 is 15.6. The minimum atomic E-state index is -0.451. The number of aromatic nitrogens is 2. The SMILES string of the molecule is CN(Cc1ccccc1)C(=O)c1cc2n(n1)CCN(Cc1c(F)cccc1Cl)C2=O. The van der Waals surface area contributed by atoms with Gasteiger partial charge in [0, 0.05) is 36.8 Å². The van der Waals surface area contributed by atoms with Crippen LogP contribution in [-0.4, -0.2) is 45.0 Å². The highest BCUT2D eigenvalue weighted by atomic mass is 35.5. The van der Waals surface area contributed by atoms with Crippen LogP contribution in [0.4, 0.5) is 4.39 Å². The molecular formula is C22H20ClFN4O2. The molecule has 2 aromatic carbocycles. The van der Waals surface area contributed by atoms with E-state index in [0.717, 1.165) is 5.56 Å². The Kier molecular flexibility index (Phi) is 5.55. The van der Waals surface area contributed by atoms with Gasteiger partial charge >= 0.3 is 0 Å². The lowest BCUT2D eigenvalue weighted by molar-refractivity contribution is 0.0680. The van der Waals surface area contributed by atoms with Crippen LogP contribution in [0.2, 0.25) is 5.02 Å². The Morgan fingerprint density at radius 1 is 1.17 bits per heavy atom. The number of hydrogen-bond acceptors (Lipinski definition) is 3. The van der Waals surface area contributed by atoms with E-state index in [4.69, 9.17) is 11.6 Å². The summed E-state index contributed by atoms with van der Waals surface area (Å²) in [6.45, 7) is 1.27. The lowest BCUT2D eigenvalue weighted by Crippen LogP contribution is -2.40. The fourth-order valence-electron chi connectivity index (χ4n) is 3.49. The van der Waals surface area contributed by atoms with E-state index in [1.54, 1.807) is 18.0 Å². The molecule has 0 radical (unpaired) electrons. The predicted octanol–water partition coefficient (Wildman–Crippen LogP) is 3.60. The lowest BCUT2D eigenvalue weighted by atomic mass is 10.1. The van der Waals surface area contributed by atoms with Crippen LogP contribution in [0, 0.1) is 5.82 Å². The molecule has 0 fully saturated rings. The third kappa shape index (κ3) is 3.93. The molecule has 1 aliphatic rings. The molecule has 1 aliphatic heterocycles. The summed E-state index contributed by atoms with van der Waals surface area (Å²) >= 11 is 6.10. The van der Waals surface area contributed by atoms with Gasteiger partial charge in [0.05, 0.1) is 13.1 Å². The first-order valence-corrected chi connectivity index (χ1v) is 9.91. The number of fused-ring (bicyclic) bond motifs is 1. The minimum absolute atomic E-state index is 0.0622. The molecule has 0 spiro atoms. The summed E-state index contributed by atoms with van der Waals surface area (Å²) in [5, 5.41) is 4.60. The zero-order chi connectivity index (χ0) is 21.3. The van der Waals surface area contributed by atoms with Crippen molar-refractivity contribution < 1.29 is 14.0 Å². The Morgan fingerprint density at radius 2 is 1.93 bits per heavy atom. The second kappa shape index (κ2) is 8.28. The largest absolute Gasteiger partial charge is 0.336 e. The Hall–Kier alpha value is -3.19. The van der Waals surface area contributed by atoms with Gasteiger partial charge in [-0.3, -0.25) is 14.3 Å². The molecular weight excluding hydrogens is 407 g/mol. The third-order valence-electron chi connectivity index (χ3n) is 5.11. The first-order valence-electron chi connectivity index (χ1n) is 9.53. The van der Waals surface area contributed by atoms with Gasteiger partial charge in [-0.15, -0.1) is 0 Å². The van der Waals surface area contributed by atoms with Crippen LogP contribution >= 0.6 is 11.6 Å². The Balaban J connectivity index is 1.51. The summed E-state index contributed by atoms with van der Waals surface area (Å²) in [6, 6.07) is 15.6. The van der Waals surface area contributed by atoms with Crippen molar-refractivity contribution in [2.45, 2.75) is 19.6 Å². The fraction of sp³-hybridized carbons (Fsp3) is 0.227. The molecule has 0 atom stereocenters. The van der Waals surface area contributed by atoms with Gasteiger partial charge in [0.25, 0.3) is 11.8 Å². The van der Waals surface area contributed by atoms with Crippen LogP contribution in [0.25, 0.3) is 0 Å². The molecule has 154 valence electrons. The maximum Gasteiger partial charge on any atom is 0.274 e. The summed E-state index contributed by atoms with van der Waals surface area (Å²) in [7, 11) is 1.70. The number of nitrogens with zero attached hydrogens (tertiary/aromatic N) is 4. The van der Waals surface area contributed by atoms with Gasteiger partial charge in [0.15, 0.2) is 5.69 Å². The van der Waals surface area contributed by atoms with Gasteiger partial charge in [0.2, 0.25) is 0 Å². The van der Waals surface area contributed by atoms with E-state index in [-0.39, 0.29) is 34.6 Å². The Bertz CT molecular complexity index is 1080. The van der Waals surface area contributed by atoms with Crippen LogP contribution in [-0.2, 0) is 19.6 Å². The quantitative estimate of drug-likeness (QED) is 0.626. The number of halogens is 2. The first-order chi connectivity index (χ1) is 14.4. The molecule has 0 saturated carbocycles. The molecule has 0 saturated heterocycles. The zero-order valence-corrected chi connectivity index (χ0v) is 17.1. The molecule has 8 heteroatoms. The summed E-state index contributed by atoms with van der Waals surface area (Å²) in [5.41, 5.74) is 1.80. The van der Waals surface area contributed by atoms with Crippen molar-refractivity contribution in [1.29, 1.82) is 0 Å². The molecule has 0 unspecified atom stereocenters. The molecule has 6 nitrogen and oxygen atoms in total. The monoisotopic (exact) mass is 426 g/mol. The maximum absolute atomic E-state index is 14.1. The summed E-state index contributed by atoms with van der Waals surface area (Å²) in [6.07, 6.45) is 0. The van der Waals surface area contributed by atoms with Crippen LogP contribution < -0.4 is 0 Å². The van der Waals surface area contributed by atoms with Crippen LogP contribution in [0.5, 0.6) is 0 Å². The average Bonchev–Trinajstić information content (AvgIpc) is 3.17. The van der Waals surface area contributed by atoms with E-state index in [1.807, 2.05) is 30.3 Å². The van der Waals surface area contributed by atoms with E-state index >= 15 is 0 Å². The highest BCUT2D eigenvalue weighted by Crippen LogP contribution is 2.23. The van der Waals surface area contributed by atoms with E-state index in [9.17, 15) is 14.0 Å². The van der Waals surface area contributed by atoms with Crippen molar-refractivity contribution in [2.24, 2.45) is 0 Å². The average molecular weight is 427 g/mol. The molecule has 0 bridgehead atoms. The Morgan fingerprint density at radius 3 is 2.67 bits per heavy atom. The standard InChI is InChI=1S/C22H20ClFN4O2/c1-26(13-15-6-3-2-4-7-15)21(29)19-12-20-22(30)27(10-11-28(20)25-19)14-16-17(23)8-5-9-18(16)24/h2-9,12H,10-11,13-14H2,1H3. The number of carbonyl (C=O) groups excluding carboxylic acids is 2. The van der Waals surface area contributed by atoms with E-state index < -0.39 is 5.82 Å². The molecule has 2 amide bonds. The van der Waals surface area contributed by atoms with Gasteiger partial charge in [-0.25, -0.2) is 4.39 Å². The second-order valence-electron chi connectivity index (χ2n) is 7.21. The maximum atomic E-state index is 14.1. The molecule has 2 heterocycles. The summed E-state index contributed by atoms with van der Waals surface area (Å²) in [5.74, 6) is -1.03.